The normalized spacial score (nSPS) is 11.3. The molecule has 0 aromatic carbocycles. The number of hydrogen-bond donors (Lipinski definition) is 2. The second kappa shape index (κ2) is 22.7. The van der Waals surface area contributed by atoms with E-state index in [-0.39, 0.29) is 64.6 Å². The van der Waals surface area contributed by atoms with Gasteiger partial charge in [-0.1, -0.05) is 0 Å². The molecule has 0 aromatic heterocycles. The van der Waals surface area contributed by atoms with Crippen LogP contribution in [0.15, 0.2) is 0 Å². The average molecular weight is 224 g/mol. The second-order valence-corrected chi connectivity index (χ2v) is 2.86. The van der Waals surface area contributed by atoms with Gasteiger partial charge < -0.3 is 14.6 Å². The molecule has 60 valence electrons. The third-order valence-corrected chi connectivity index (χ3v) is 1.00. The molecule has 0 bridgehead atoms. The Morgan fingerprint density at radius 2 is 1.00 bits per heavy atom. The molecule has 6 N–H and O–H groups in total. The van der Waals surface area contributed by atoms with Crippen LogP contribution in [0.25, 0.3) is 0 Å². The van der Waals surface area contributed by atoms with Crippen molar-refractivity contribution in [3.05, 3.63) is 0 Å². The van der Waals surface area contributed by atoms with Gasteiger partial charge in [0.1, 0.15) is 0 Å². The van der Waals surface area contributed by atoms with Crippen molar-refractivity contribution in [2.45, 2.75) is 0 Å². The molecule has 0 radical (unpaired) electrons. The van der Waals surface area contributed by atoms with E-state index < -0.39 is 20.2 Å². The van der Waals surface area contributed by atoms with E-state index in [4.69, 9.17) is 17.5 Å². The quantitative estimate of drug-likeness (QED) is 0.147. The van der Waals surface area contributed by atoms with Crippen LogP contribution >= 0.6 is 0 Å². The monoisotopic (exact) mass is 224 g/mol. The molecule has 0 fully saturated rings. The fraction of sp³-hybridized carbons (Fsp3) is 0. The molecule has 0 saturated carbocycles. The maximum atomic E-state index is 9.09. The fourth-order valence-corrected chi connectivity index (χ4v) is 0. The summed E-state index contributed by atoms with van der Waals surface area (Å²) in [7, 11) is -5.90. The molecule has 0 rings (SSSR count). The van der Waals surface area contributed by atoms with Crippen molar-refractivity contribution in [1.29, 1.82) is 0 Å². The minimum atomic E-state index is -2.95. The minimum absolute atomic E-state index is 0. The summed E-state index contributed by atoms with van der Waals surface area (Å²) in [6.07, 6.45) is 0. The predicted octanol–water partition coefficient (Wildman–Crippen LogP) is -9.34. The summed E-state index contributed by atoms with van der Waals surface area (Å²) < 4.78 is 36.3. The third-order valence-electron chi connectivity index (χ3n) is 0.111. The van der Waals surface area contributed by atoms with Crippen molar-refractivity contribution in [2.24, 2.45) is 11.7 Å². The molecule has 11 heteroatoms. The smallest absolute Gasteiger partial charge is 0.763 e. The number of nitrogens with two attached hydrogens (primary N) is 2. The Balaban J connectivity index is -0.0000000222. The van der Waals surface area contributed by atoms with Gasteiger partial charge in [-0.3, -0.25) is 20.1 Å². The van der Waals surface area contributed by atoms with Crippen molar-refractivity contribution in [3.8, 4) is 0 Å². The summed E-state index contributed by atoms with van der Waals surface area (Å²) in [5, 5.41) is 0. The summed E-state index contributed by atoms with van der Waals surface area (Å²) in [5.74, 6) is 8.00. The van der Waals surface area contributed by atoms with Gasteiger partial charge in [0.15, 0.2) is 0 Å². The van der Waals surface area contributed by atoms with Crippen LogP contribution in [-0.2, 0) is 20.2 Å². The van der Waals surface area contributed by atoms with Crippen LogP contribution in [0.2, 0.25) is 0 Å². The topological polar surface area (TPSA) is 164 Å². The first-order valence-electron chi connectivity index (χ1n) is 1.17. The van der Waals surface area contributed by atoms with Gasteiger partial charge in [0.25, 0.3) is 0 Å². The molecule has 0 spiro atoms. The van der Waals surface area contributed by atoms with Crippen LogP contribution in [0.1, 0.15) is 0 Å². The van der Waals surface area contributed by atoms with Gasteiger partial charge in [-0.2, -0.15) is 0 Å². The van der Waals surface area contributed by atoms with Crippen LogP contribution in [0.3, 0.4) is 0 Å². The first-order chi connectivity index (χ1) is 3.64. The van der Waals surface area contributed by atoms with Crippen molar-refractivity contribution < 1.29 is 82.1 Å². The molecule has 0 heterocycles. The first-order valence-corrected chi connectivity index (χ1v) is 3.83. The van der Waals surface area contributed by atoms with Gasteiger partial charge in [-0.25, -0.2) is 0 Å². The Labute approximate surface area is 112 Å². The predicted molar refractivity (Wildman–Crippen MR) is 29.8 cm³/mol. The Morgan fingerprint density at radius 1 is 0.909 bits per heavy atom. The van der Waals surface area contributed by atoms with E-state index in [1.165, 1.54) is 0 Å². The summed E-state index contributed by atoms with van der Waals surface area (Å²) in [4.78, 5) is 0. The maximum Gasteiger partial charge on any atom is 1.00 e. The Morgan fingerprint density at radius 3 is 1.00 bits per heavy atom. The van der Waals surface area contributed by atoms with Crippen LogP contribution in [0.4, 0.5) is 0 Å². The van der Waals surface area contributed by atoms with Gasteiger partial charge in [0.05, 0.1) is 0 Å². The molecule has 0 amide bonds. The zero-order chi connectivity index (χ0) is 7.15. The van der Waals surface area contributed by atoms with E-state index in [1.54, 1.807) is 0 Å². The van der Waals surface area contributed by atoms with E-state index in [0.29, 0.717) is 0 Å². The van der Waals surface area contributed by atoms with E-state index >= 15 is 0 Å². The van der Waals surface area contributed by atoms with Gasteiger partial charge >= 0.3 is 59.1 Å². The van der Waals surface area contributed by atoms with Crippen LogP contribution in [0.5, 0.6) is 0 Å². The summed E-state index contributed by atoms with van der Waals surface area (Å²) in [5.41, 5.74) is 0. The third kappa shape index (κ3) is 33.2. The second-order valence-electron chi connectivity index (χ2n) is 0.408. The van der Waals surface area contributed by atoms with Gasteiger partial charge in [0.2, 0.25) is 0 Å². The van der Waals surface area contributed by atoms with Crippen molar-refractivity contribution in [2.75, 3.05) is 0 Å². The fourth-order valence-electron chi connectivity index (χ4n) is 0. The van der Waals surface area contributed by atoms with Crippen LogP contribution in [-0.4, -0.2) is 23.0 Å². The van der Waals surface area contributed by atoms with Gasteiger partial charge in [-0.05, 0) is 0 Å². The molecule has 2 unspecified atom stereocenters. The van der Waals surface area contributed by atoms with Crippen molar-refractivity contribution >= 4 is 20.2 Å². The standard InChI is InChI=1S/H4N2.2Na.H2O4S2.H2O/c1-2;;;1-5(2)6(3)4;/h1-2H2;;;(H,1,2)(H,3,4);1H2/q;2*+1;;/p-2. The van der Waals surface area contributed by atoms with Crippen LogP contribution < -0.4 is 70.8 Å². The van der Waals surface area contributed by atoms with E-state index in [9.17, 15) is 0 Å². The zero-order valence-electron chi connectivity index (χ0n) is 6.10. The molecule has 0 aliphatic heterocycles. The number of rotatable bonds is 1. The Kier molecular flexibility index (Phi) is 60.4. The minimum Gasteiger partial charge on any atom is -0.763 e. The first kappa shape index (κ1) is 29.2. The summed E-state index contributed by atoms with van der Waals surface area (Å²) in [6.45, 7) is 0. The number of hydrazine groups is 1. The molecular formula is H6N2Na2O5S2. The van der Waals surface area contributed by atoms with E-state index in [2.05, 4.69) is 11.7 Å². The largest absolute Gasteiger partial charge is 1.00 e. The molecular weight excluding hydrogens is 218 g/mol. The SMILES string of the molecule is NN.O.O=S([O-])S(=O)[O-].[Na+].[Na+]. The summed E-state index contributed by atoms with van der Waals surface area (Å²) in [6, 6.07) is 0. The van der Waals surface area contributed by atoms with Gasteiger partial charge in [0, 0.05) is 20.2 Å². The van der Waals surface area contributed by atoms with Crippen molar-refractivity contribution in [3.63, 3.8) is 0 Å². The summed E-state index contributed by atoms with van der Waals surface area (Å²) >= 11 is 0. The van der Waals surface area contributed by atoms with E-state index in [1.807, 2.05) is 0 Å². The molecule has 0 aliphatic rings. The molecule has 11 heavy (non-hydrogen) atoms. The molecule has 7 nitrogen and oxygen atoms in total. The van der Waals surface area contributed by atoms with Crippen LogP contribution in [0, 0.1) is 0 Å². The zero-order valence-corrected chi connectivity index (χ0v) is 11.7. The Hall–Kier alpha value is 2.10. The molecule has 0 aliphatic carbocycles. The number of hydrogen-bond acceptors (Lipinski definition) is 6. The van der Waals surface area contributed by atoms with Gasteiger partial charge in [-0.15, -0.1) is 0 Å². The molecule has 0 aromatic rings. The average Bonchev–Trinajstić information content (AvgIpc) is 1.72. The maximum absolute atomic E-state index is 9.09. The van der Waals surface area contributed by atoms with E-state index in [0.717, 1.165) is 0 Å². The molecule has 0 saturated heterocycles. The van der Waals surface area contributed by atoms with Crippen molar-refractivity contribution in [1.82, 2.24) is 0 Å². The Bertz CT molecular complexity index is 86.5. The molecule has 2 atom stereocenters.